The van der Waals surface area contributed by atoms with Crippen LogP contribution in [0, 0.1) is 12.3 Å². The van der Waals surface area contributed by atoms with Gasteiger partial charge in [-0.05, 0) is 18.4 Å². The van der Waals surface area contributed by atoms with E-state index in [1.54, 1.807) is 26.3 Å². The lowest BCUT2D eigenvalue weighted by Gasteiger charge is -2.30. The molecule has 1 atom stereocenters. The van der Waals surface area contributed by atoms with Gasteiger partial charge in [0.1, 0.15) is 5.75 Å². The molecule has 1 unspecified atom stereocenters. The molecule has 0 amide bonds. The Labute approximate surface area is 172 Å². The molecule has 0 aromatic heterocycles. The molecule has 26 heavy (non-hydrogen) atoms. The summed E-state index contributed by atoms with van der Waals surface area (Å²) in [4.78, 5) is 4.15. The van der Waals surface area contributed by atoms with Gasteiger partial charge >= 0.3 is 6.61 Å². The first-order chi connectivity index (χ1) is 11.7. The second-order valence-corrected chi connectivity index (χ2v) is 6.89. The van der Waals surface area contributed by atoms with Crippen LogP contribution >= 0.6 is 24.0 Å². The van der Waals surface area contributed by atoms with Crippen LogP contribution in [0.1, 0.15) is 31.9 Å². The van der Waals surface area contributed by atoms with Gasteiger partial charge in [-0.3, -0.25) is 4.99 Å². The minimum atomic E-state index is -2.85. The molecule has 0 fully saturated rings. The minimum Gasteiger partial charge on any atom is -0.434 e. The molecule has 1 aromatic carbocycles. The number of ether oxygens (including phenoxy) is 2. The normalized spacial score (nSPS) is 13.2. The van der Waals surface area contributed by atoms with E-state index < -0.39 is 6.61 Å². The largest absolute Gasteiger partial charge is 0.434 e. The zero-order valence-electron chi connectivity index (χ0n) is 16.2. The average molecular weight is 485 g/mol. The number of nitrogens with zero attached hydrogens (tertiary/aromatic N) is 1. The van der Waals surface area contributed by atoms with E-state index in [1.165, 1.54) is 0 Å². The fourth-order valence-electron chi connectivity index (χ4n) is 2.39. The number of aliphatic imine (C=N–C) groups is 1. The fraction of sp³-hybridized carbons (Fsp3) is 0.611. The third kappa shape index (κ3) is 8.48. The van der Waals surface area contributed by atoms with Crippen molar-refractivity contribution in [1.29, 1.82) is 0 Å². The zero-order chi connectivity index (χ0) is 19.0. The summed E-state index contributed by atoms with van der Waals surface area (Å²) in [7, 11) is 3.33. The molecule has 0 aliphatic carbocycles. The van der Waals surface area contributed by atoms with Crippen molar-refractivity contribution in [2.24, 2.45) is 10.4 Å². The molecule has 0 saturated carbocycles. The number of halogens is 3. The van der Waals surface area contributed by atoms with Crippen molar-refractivity contribution in [1.82, 2.24) is 10.6 Å². The Hall–Kier alpha value is -1.16. The van der Waals surface area contributed by atoms with Gasteiger partial charge in [0.2, 0.25) is 0 Å². The number of alkyl halides is 2. The maximum absolute atomic E-state index is 12.5. The quantitative estimate of drug-likeness (QED) is 0.349. The van der Waals surface area contributed by atoms with Gasteiger partial charge in [0.15, 0.2) is 5.96 Å². The lowest BCUT2D eigenvalue weighted by molar-refractivity contribution is -0.0504. The predicted molar refractivity (Wildman–Crippen MR) is 112 cm³/mol. The summed E-state index contributed by atoms with van der Waals surface area (Å²) >= 11 is 0. The Bertz CT molecular complexity index is 578. The van der Waals surface area contributed by atoms with Gasteiger partial charge in [-0.25, -0.2) is 0 Å². The topological polar surface area (TPSA) is 54.9 Å². The van der Waals surface area contributed by atoms with E-state index in [0.717, 1.165) is 5.56 Å². The lowest BCUT2D eigenvalue weighted by atomic mass is 9.89. The summed E-state index contributed by atoms with van der Waals surface area (Å²) in [5.41, 5.74) is 1.59. The standard InChI is InChI=1S/C18H29F2N3O2.HI/c1-12-7-8-14(25-16(19)20)13(9-12)10-22-17(21-5)23-11-15(24-6)18(2,3)4;/h7-9,15-16H,10-11H2,1-6H3,(H2,21,22,23);1H. The van der Waals surface area contributed by atoms with E-state index in [4.69, 9.17) is 4.74 Å². The van der Waals surface area contributed by atoms with E-state index in [2.05, 4.69) is 41.1 Å². The lowest BCUT2D eigenvalue weighted by Crippen LogP contribution is -2.45. The maximum Gasteiger partial charge on any atom is 0.387 e. The molecule has 0 aliphatic rings. The van der Waals surface area contributed by atoms with Crippen molar-refractivity contribution in [2.45, 2.75) is 47.0 Å². The van der Waals surface area contributed by atoms with E-state index in [9.17, 15) is 8.78 Å². The van der Waals surface area contributed by atoms with Crippen LogP contribution in [0.4, 0.5) is 8.78 Å². The van der Waals surface area contributed by atoms with E-state index in [-0.39, 0.29) is 41.2 Å². The van der Waals surface area contributed by atoms with Crippen LogP contribution in [-0.2, 0) is 11.3 Å². The first kappa shape index (κ1) is 24.8. The third-order valence-corrected chi connectivity index (χ3v) is 3.81. The number of guanidine groups is 1. The number of hydrogen-bond donors (Lipinski definition) is 2. The molecule has 0 spiro atoms. The van der Waals surface area contributed by atoms with Crippen molar-refractivity contribution < 1.29 is 18.3 Å². The minimum absolute atomic E-state index is 0. The molecule has 5 nitrogen and oxygen atoms in total. The number of aryl methyl sites for hydroxylation is 1. The molecule has 0 bridgehead atoms. The van der Waals surface area contributed by atoms with Crippen molar-refractivity contribution >= 4 is 29.9 Å². The second kappa shape index (κ2) is 11.5. The van der Waals surface area contributed by atoms with Gasteiger partial charge in [-0.15, -0.1) is 24.0 Å². The Kier molecular flexibility index (Phi) is 11.0. The second-order valence-electron chi connectivity index (χ2n) is 6.89. The molecule has 150 valence electrons. The molecule has 0 radical (unpaired) electrons. The van der Waals surface area contributed by atoms with Crippen LogP contribution in [0.25, 0.3) is 0 Å². The van der Waals surface area contributed by atoms with E-state index >= 15 is 0 Å². The molecule has 1 rings (SSSR count). The molecular formula is C18H30F2IN3O2. The van der Waals surface area contributed by atoms with Gasteiger partial charge in [0, 0.05) is 32.8 Å². The van der Waals surface area contributed by atoms with Crippen molar-refractivity contribution in [3.8, 4) is 5.75 Å². The highest BCUT2D eigenvalue weighted by atomic mass is 127. The number of benzene rings is 1. The highest BCUT2D eigenvalue weighted by Crippen LogP contribution is 2.22. The van der Waals surface area contributed by atoms with Crippen molar-refractivity contribution in [3.05, 3.63) is 29.3 Å². The van der Waals surface area contributed by atoms with Crippen LogP contribution in [0.2, 0.25) is 0 Å². The van der Waals surface area contributed by atoms with Crippen LogP contribution in [-0.4, -0.2) is 39.4 Å². The van der Waals surface area contributed by atoms with E-state index in [0.29, 0.717) is 24.6 Å². The first-order valence-corrected chi connectivity index (χ1v) is 8.19. The number of methoxy groups -OCH3 is 1. The Morgan fingerprint density at radius 1 is 1.23 bits per heavy atom. The molecule has 0 saturated heterocycles. The summed E-state index contributed by atoms with van der Waals surface area (Å²) in [5.74, 6) is 0.726. The van der Waals surface area contributed by atoms with Crippen molar-refractivity contribution in [2.75, 3.05) is 20.7 Å². The zero-order valence-corrected chi connectivity index (χ0v) is 18.6. The smallest absolute Gasteiger partial charge is 0.387 e. The third-order valence-electron chi connectivity index (χ3n) is 3.81. The number of nitrogens with one attached hydrogen (secondary N) is 2. The highest BCUT2D eigenvalue weighted by molar-refractivity contribution is 14.0. The number of rotatable bonds is 7. The molecule has 0 aliphatic heterocycles. The summed E-state index contributed by atoms with van der Waals surface area (Å²) < 4.78 is 35.1. The summed E-state index contributed by atoms with van der Waals surface area (Å²) in [6, 6.07) is 5.10. The summed E-state index contributed by atoms with van der Waals surface area (Å²) in [6.45, 7) is 6.23. The van der Waals surface area contributed by atoms with Crippen LogP contribution < -0.4 is 15.4 Å². The number of hydrogen-bond acceptors (Lipinski definition) is 3. The van der Waals surface area contributed by atoms with Crippen LogP contribution in [0.15, 0.2) is 23.2 Å². The van der Waals surface area contributed by atoms with Crippen LogP contribution in [0.5, 0.6) is 5.75 Å². The fourth-order valence-corrected chi connectivity index (χ4v) is 2.39. The molecular weight excluding hydrogens is 455 g/mol. The molecule has 1 aromatic rings. The van der Waals surface area contributed by atoms with Gasteiger partial charge in [-0.2, -0.15) is 8.78 Å². The van der Waals surface area contributed by atoms with Crippen LogP contribution in [0.3, 0.4) is 0 Å². The first-order valence-electron chi connectivity index (χ1n) is 8.19. The molecule has 8 heteroatoms. The van der Waals surface area contributed by atoms with Gasteiger partial charge in [0.25, 0.3) is 0 Å². The maximum atomic E-state index is 12.5. The Morgan fingerprint density at radius 3 is 2.38 bits per heavy atom. The molecule has 0 heterocycles. The predicted octanol–water partition coefficient (Wildman–Crippen LogP) is 3.94. The van der Waals surface area contributed by atoms with Gasteiger partial charge in [-0.1, -0.05) is 38.5 Å². The van der Waals surface area contributed by atoms with E-state index in [1.807, 2.05) is 13.0 Å². The summed E-state index contributed by atoms with van der Waals surface area (Å²) in [5, 5.41) is 6.31. The Balaban J connectivity index is 0.00000625. The summed E-state index contributed by atoms with van der Waals surface area (Å²) in [6.07, 6.45) is 0.00254. The van der Waals surface area contributed by atoms with Crippen molar-refractivity contribution in [3.63, 3.8) is 0 Å². The monoisotopic (exact) mass is 485 g/mol. The molecule has 2 N–H and O–H groups in total. The average Bonchev–Trinajstić information content (AvgIpc) is 2.51. The Morgan fingerprint density at radius 2 is 1.88 bits per heavy atom. The van der Waals surface area contributed by atoms with Gasteiger partial charge < -0.3 is 20.1 Å². The SMILES string of the molecule is CN=C(NCc1cc(C)ccc1OC(F)F)NCC(OC)C(C)(C)C.I. The highest BCUT2D eigenvalue weighted by Gasteiger charge is 2.24. The van der Waals surface area contributed by atoms with Gasteiger partial charge in [0.05, 0.1) is 6.10 Å².